The molecule has 1 aromatic heterocycles. The zero-order valence-electron chi connectivity index (χ0n) is 20.2. The number of guanidine groups is 1. The number of nitrogens with zero attached hydrogens (tertiary/aromatic N) is 2. The fraction of sp³-hybridized carbons (Fsp3) is 0.179. The van der Waals surface area contributed by atoms with E-state index in [1.54, 1.807) is 4.90 Å². The van der Waals surface area contributed by atoms with Gasteiger partial charge in [-0.3, -0.25) is 14.6 Å². The Labute approximate surface area is 223 Å². The molecule has 2 amide bonds. The van der Waals surface area contributed by atoms with Gasteiger partial charge < -0.3 is 26.7 Å². The standard InChI is InChI=1S/C28H29BrN6O2/c29-21-12-10-19(11-13-21)26(27(37)34-22-6-2-1-3-7-22)35(25(36)14-16-32-28(30)31)17-15-20-18-33-24-9-5-4-8-23(20)24/h1-13,18,26,33H,14-17H2,(H,34,37)(H4,30,31,32). The van der Waals surface area contributed by atoms with Gasteiger partial charge in [-0.25, -0.2) is 0 Å². The molecule has 4 aromatic rings. The van der Waals surface area contributed by atoms with E-state index in [9.17, 15) is 9.59 Å². The van der Waals surface area contributed by atoms with Crippen molar-refractivity contribution in [3.05, 3.63) is 101 Å². The fourth-order valence-corrected chi connectivity index (χ4v) is 4.52. The van der Waals surface area contributed by atoms with E-state index < -0.39 is 6.04 Å². The smallest absolute Gasteiger partial charge is 0.251 e. The van der Waals surface area contributed by atoms with Gasteiger partial charge in [0.25, 0.3) is 5.91 Å². The normalized spacial score (nSPS) is 11.6. The third-order valence-corrected chi connectivity index (χ3v) is 6.55. The summed E-state index contributed by atoms with van der Waals surface area (Å²) < 4.78 is 0.878. The molecule has 0 spiro atoms. The summed E-state index contributed by atoms with van der Waals surface area (Å²) in [6.45, 7) is 0.462. The lowest BCUT2D eigenvalue weighted by atomic mass is 10.0. The number of fused-ring (bicyclic) bond motifs is 1. The summed E-state index contributed by atoms with van der Waals surface area (Å²) >= 11 is 3.46. The number of rotatable bonds is 10. The van der Waals surface area contributed by atoms with Crippen molar-refractivity contribution in [2.75, 3.05) is 18.4 Å². The average Bonchev–Trinajstić information content (AvgIpc) is 3.30. The van der Waals surface area contributed by atoms with Crippen molar-refractivity contribution in [3.63, 3.8) is 0 Å². The Bertz CT molecular complexity index is 1380. The number of nitrogens with two attached hydrogens (primary N) is 2. The second-order valence-corrected chi connectivity index (χ2v) is 9.48. The van der Waals surface area contributed by atoms with Gasteiger partial charge in [0, 0.05) is 40.2 Å². The molecule has 6 N–H and O–H groups in total. The molecule has 4 rings (SSSR count). The molecule has 1 atom stereocenters. The van der Waals surface area contributed by atoms with E-state index in [2.05, 4.69) is 31.2 Å². The number of aromatic nitrogens is 1. The van der Waals surface area contributed by atoms with Gasteiger partial charge in [-0.2, -0.15) is 0 Å². The first kappa shape index (κ1) is 26.0. The molecule has 37 heavy (non-hydrogen) atoms. The first-order valence-electron chi connectivity index (χ1n) is 11.9. The van der Waals surface area contributed by atoms with Crippen LogP contribution in [-0.2, 0) is 16.0 Å². The van der Waals surface area contributed by atoms with E-state index in [0.717, 1.165) is 20.9 Å². The van der Waals surface area contributed by atoms with Crippen molar-refractivity contribution in [1.29, 1.82) is 0 Å². The van der Waals surface area contributed by atoms with Gasteiger partial charge in [0.1, 0.15) is 6.04 Å². The van der Waals surface area contributed by atoms with Gasteiger partial charge in [-0.1, -0.05) is 64.5 Å². The predicted molar refractivity (Wildman–Crippen MR) is 151 cm³/mol. The van der Waals surface area contributed by atoms with Gasteiger partial charge in [-0.05, 0) is 47.9 Å². The highest BCUT2D eigenvalue weighted by atomic mass is 79.9. The van der Waals surface area contributed by atoms with Crippen LogP contribution in [0.3, 0.4) is 0 Å². The van der Waals surface area contributed by atoms with E-state index in [1.165, 1.54) is 0 Å². The summed E-state index contributed by atoms with van der Waals surface area (Å²) in [6, 6.07) is 23.8. The number of aliphatic imine (C=N–C) groups is 1. The van der Waals surface area contributed by atoms with Crippen LogP contribution in [0.25, 0.3) is 10.9 Å². The zero-order valence-corrected chi connectivity index (χ0v) is 21.8. The highest BCUT2D eigenvalue weighted by molar-refractivity contribution is 9.10. The highest BCUT2D eigenvalue weighted by Gasteiger charge is 2.31. The van der Waals surface area contributed by atoms with E-state index in [1.807, 2.05) is 85.1 Å². The SMILES string of the molecule is NC(N)=NCCC(=O)N(CCc1c[nH]c2ccccc12)C(C(=O)Nc1ccccc1)c1ccc(Br)cc1. The number of nitrogens with one attached hydrogen (secondary N) is 2. The molecule has 190 valence electrons. The van der Waals surface area contributed by atoms with E-state index >= 15 is 0 Å². The summed E-state index contributed by atoms with van der Waals surface area (Å²) in [5, 5.41) is 4.06. The van der Waals surface area contributed by atoms with Crippen molar-refractivity contribution in [3.8, 4) is 0 Å². The monoisotopic (exact) mass is 560 g/mol. The quantitative estimate of drug-likeness (QED) is 0.170. The van der Waals surface area contributed by atoms with Crippen molar-refractivity contribution >= 4 is 50.3 Å². The number of H-pyrrole nitrogens is 1. The summed E-state index contributed by atoms with van der Waals surface area (Å²) in [5.74, 6) is -0.604. The molecule has 0 radical (unpaired) electrons. The molecule has 1 unspecified atom stereocenters. The molecule has 9 heteroatoms. The summed E-state index contributed by atoms with van der Waals surface area (Å²) in [7, 11) is 0. The third-order valence-electron chi connectivity index (χ3n) is 6.02. The Balaban J connectivity index is 1.67. The van der Waals surface area contributed by atoms with Crippen LogP contribution in [-0.4, -0.2) is 40.7 Å². The van der Waals surface area contributed by atoms with Gasteiger partial charge in [0.2, 0.25) is 5.91 Å². The Hall–Kier alpha value is -4.11. The van der Waals surface area contributed by atoms with Crippen molar-refractivity contribution in [2.45, 2.75) is 18.9 Å². The number of aromatic amines is 1. The Morgan fingerprint density at radius 2 is 1.68 bits per heavy atom. The molecule has 1 heterocycles. The van der Waals surface area contributed by atoms with Gasteiger partial charge in [-0.15, -0.1) is 0 Å². The summed E-state index contributed by atoms with van der Waals surface area (Å²) in [4.78, 5) is 36.1. The number of hydrogen-bond donors (Lipinski definition) is 4. The van der Waals surface area contributed by atoms with Crippen LogP contribution in [0.1, 0.15) is 23.6 Å². The molecule has 3 aromatic carbocycles. The number of amides is 2. The minimum Gasteiger partial charge on any atom is -0.370 e. The van der Waals surface area contributed by atoms with Crippen LogP contribution >= 0.6 is 15.9 Å². The molecule has 0 saturated heterocycles. The Morgan fingerprint density at radius 3 is 2.41 bits per heavy atom. The minimum atomic E-state index is -0.856. The van der Waals surface area contributed by atoms with E-state index in [0.29, 0.717) is 24.2 Å². The number of benzene rings is 3. The van der Waals surface area contributed by atoms with Crippen LogP contribution in [0.2, 0.25) is 0 Å². The van der Waals surface area contributed by atoms with Gasteiger partial charge >= 0.3 is 0 Å². The van der Waals surface area contributed by atoms with Crippen LogP contribution < -0.4 is 16.8 Å². The molecule has 0 aliphatic carbocycles. The lowest BCUT2D eigenvalue weighted by molar-refractivity contribution is -0.138. The number of carbonyl (C=O) groups is 2. The second kappa shape index (κ2) is 12.2. The first-order valence-corrected chi connectivity index (χ1v) is 12.7. The summed E-state index contributed by atoms with van der Waals surface area (Å²) in [6.07, 6.45) is 2.58. The molecular formula is C28H29BrN6O2. The number of para-hydroxylation sites is 2. The van der Waals surface area contributed by atoms with Gasteiger partial charge in [0.15, 0.2) is 5.96 Å². The zero-order chi connectivity index (χ0) is 26.2. The predicted octanol–water partition coefficient (Wildman–Crippen LogP) is 4.35. The number of hydrogen-bond acceptors (Lipinski definition) is 3. The van der Waals surface area contributed by atoms with Crippen molar-refractivity contribution in [1.82, 2.24) is 9.88 Å². The maximum Gasteiger partial charge on any atom is 0.251 e. The van der Waals surface area contributed by atoms with E-state index in [4.69, 9.17) is 11.5 Å². The highest BCUT2D eigenvalue weighted by Crippen LogP contribution is 2.27. The van der Waals surface area contributed by atoms with Crippen LogP contribution in [0.4, 0.5) is 5.69 Å². The lowest BCUT2D eigenvalue weighted by Gasteiger charge is -2.31. The maximum absolute atomic E-state index is 13.7. The Morgan fingerprint density at radius 1 is 0.973 bits per heavy atom. The molecule has 0 aliphatic rings. The average molecular weight is 561 g/mol. The molecule has 0 bridgehead atoms. The second-order valence-electron chi connectivity index (χ2n) is 8.56. The van der Waals surface area contributed by atoms with E-state index in [-0.39, 0.29) is 30.7 Å². The topological polar surface area (TPSA) is 130 Å². The number of anilines is 1. The Kier molecular flexibility index (Phi) is 8.58. The number of carbonyl (C=O) groups excluding carboxylic acids is 2. The lowest BCUT2D eigenvalue weighted by Crippen LogP contribution is -2.42. The molecule has 0 aliphatic heterocycles. The fourth-order valence-electron chi connectivity index (χ4n) is 4.25. The third kappa shape index (κ3) is 6.77. The minimum absolute atomic E-state index is 0.0669. The maximum atomic E-state index is 13.7. The number of halogens is 1. The van der Waals surface area contributed by atoms with Crippen LogP contribution in [0.15, 0.2) is 94.5 Å². The largest absolute Gasteiger partial charge is 0.370 e. The van der Waals surface area contributed by atoms with Crippen LogP contribution in [0.5, 0.6) is 0 Å². The first-order chi connectivity index (χ1) is 17.9. The molecular weight excluding hydrogens is 532 g/mol. The molecule has 0 saturated carbocycles. The van der Waals surface area contributed by atoms with Crippen molar-refractivity contribution < 1.29 is 9.59 Å². The van der Waals surface area contributed by atoms with Crippen molar-refractivity contribution in [2.24, 2.45) is 16.5 Å². The molecule has 0 fully saturated rings. The molecule has 8 nitrogen and oxygen atoms in total. The van der Waals surface area contributed by atoms with Gasteiger partial charge in [0.05, 0.1) is 6.54 Å². The summed E-state index contributed by atoms with van der Waals surface area (Å²) in [5.41, 5.74) is 14.4. The van der Waals surface area contributed by atoms with Crippen LogP contribution in [0, 0.1) is 0 Å².